The molecule has 0 radical (unpaired) electrons. The highest BCUT2D eigenvalue weighted by molar-refractivity contribution is 7.89. The number of methoxy groups -OCH3 is 3. The number of aromatic nitrogens is 12. The summed E-state index contributed by atoms with van der Waals surface area (Å²) in [5.41, 5.74) is 2.94. The number of nitrogens with zero attached hydrogens (tertiary/aromatic N) is 12. The van der Waals surface area contributed by atoms with E-state index < -0.39 is 83.6 Å². The fourth-order valence-corrected chi connectivity index (χ4v) is 11.2. The van der Waals surface area contributed by atoms with Gasteiger partial charge in [-0.25, -0.2) is 58.0 Å². The van der Waals surface area contributed by atoms with Crippen molar-refractivity contribution < 1.29 is 67.5 Å². The standard InChI is InChI=1S/C19H24N6O6S.C19H32N6O4.C16H26N6O4/c1-20-17-14-18(25(10-21-14)19-16(27)15(26)12(31-19)9-30-2)24-13(23-17)8-22-32(28,29)11-6-4-3-5-7-11;1-5-7-11(6-2)21-8-13-23-17(20-3)14-18(24-13)25(10-22-14)19-16(27)15(26)12(29-19)9-28-4;1-8(2)18-5-10-20-14(17-3)11-15(21-10)22(7-19-11)16-13(24)12(23)9(26-16)6-25-4/h3-7,10,12,15-16,19,22,26-27H,8-9H2,1-2H3,(H,20,23,24);10-12,15-16,19,21,26-27H,5-9H2,1-4H3,(H,20,23,24);7-9,12-13,16,18,23-24H,5-6H2,1-4H3,(H,17,20,21)/t12-,15-,16-,19-;11?,12-,15-,16-,19-;9-,12-,13-,16-/m111/s1. The van der Waals surface area contributed by atoms with Crippen LogP contribution in [0.25, 0.3) is 33.5 Å². The number of aliphatic hydroxyl groups is 6. The third-order valence-corrected chi connectivity index (χ3v) is 16.2. The molecule has 12 N–H and O–H groups in total. The van der Waals surface area contributed by atoms with Gasteiger partial charge in [0.25, 0.3) is 0 Å². The number of anilines is 3. The lowest BCUT2D eigenvalue weighted by Crippen LogP contribution is -2.33. The van der Waals surface area contributed by atoms with Gasteiger partial charge >= 0.3 is 0 Å². The molecule has 32 nitrogen and oxygen atoms in total. The van der Waals surface area contributed by atoms with Crippen molar-refractivity contribution in [3.63, 3.8) is 0 Å². The summed E-state index contributed by atoms with van der Waals surface area (Å²) in [5.74, 6) is 2.98. The Morgan fingerprint density at radius 1 is 0.540 bits per heavy atom. The third kappa shape index (κ3) is 15.0. The Hall–Kier alpha value is -6.38. The second-order valence-corrected chi connectivity index (χ2v) is 22.9. The van der Waals surface area contributed by atoms with Gasteiger partial charge < -0.3 is 85.6 Å². The highest BCUT2D eigenvalue weighted by Crippen LogP contribution is 2.36. The van der Waals surface area contributed by atoms with Crippen LogP contribution in [0.4, 0.5) is 17.5 Å². The number of rotatable bonds is 25. The summed E-state index contributed by atoms with van der Waals surface area (Å²) in [6.07, 6.45) is -3.49. The topological polar surface area (TPSA) is 414 Å². The molecule has 33 heteroatoms. The third-order valence-electron chi connectivity index (χ3n) is 14.8. The predicted molar refractivity (Wildman–Crippen MR) is 316 cm³/mol. The van der Waals surface area contributed by atoms with Crippen LogP contribution in [0.1, 0.15) is 83.1 Å². The maximum Gasteiger partial charge on any atom is 0.240 e. The quantitative estimate of drug-likeness (QED) is 0.0360. The Morgan fingerprint density at radius 2 is 0.908 bits per heavy atom. The molecule has 0 amide bonds. The molecule has 13 atom stereocenters. The highest BCUT2D eigenvalue weighted by atomic mass is 32.2. The molecule has 9 heterocycles. The molecule has 3 aliphatic rings. The van der Waals surface area contributed by atoms with E-state index in [4.69, 9.17) is 28.4 Å². The molecule has 6 aromatic heterocycles. The first kappa shape index (κ1) is 66.6. The van der Waals surface area contributed by atoms with Gasteiger partial charge in [0.1, 0.15) is 72.4 Å². The van der Waals surface area contributed by atoms with Gasteiger partial charge in [-0.1, -0.05) is 52.3 Å². The number of aliphatic hydroxyl groups excluding tert-OH is 6. The van der Waals surface area contributed by atoms with E-state index in [1.165, 1.54) is 50.7 Å². The lowest BCUT2D eigenvalue weighted by molar-refractivity contribution is -0.0580. The summed E-state index contributed by atoms with van der Waals surface area (Å²) < 4.78 is 64.9. The molecule has 0 saturated carbocycles. The Kier molecular flexibility index (Phi) is 23.1. The summed E-state index contributed by atoms with van der Waals surface area (Å²) in [6, 6.07) is 8.67. The molecule has 1 unspecified atom stereocenters. The van der Waals surface area contributed by atoms with Gasteiger partial charge in [0, 0.05) is 54.6 Å². The Morgan fingerprint density at radius 3 is 1.24 bits per heavy atom. The van der Waals surface area contributed by atoms with E-state index >= 15 is 0 Å². The summed E-state index contributed by atoms with van der Waals surface area (Å²) in [6.45, 7) is 9.73. The molecule has 0 aliphatic carbocycles. The first-order chi connectivity index (χ1) is 41.8. The van der Waals surface area contributed by atoms with Gasteiger partial charge in [0.2, 0.25) is 10.0 Å². The minimum atomic E-state index is -3.76. The molecule has 3 aliphatic heterocycles. The highest BCUT2D eigenvalue weighted by Gasteiger charge is 2.47. The van der Waals surface area contributed by atoms with E-state index in [0.717, 1.165) is 19.3 Å². The van der Waals surface area contributed by atoms with E-state index in [2.05, 4.69) is 90.0 Å². The van der Waals surface area contributed by atoms with Crippen LogP contribution in [0.5, 0.6) is 0 Å². The lowest BCUT2D eigenvalue weighted by atomic mass is 10.1. The average molecular weight is 1240 g/mol. The molecular weight excluding hydrogens is 1160 g/mol. The minimum Gasteiger partial charge on any atom is -0.387 e. The van der Waals surface area contributed by atoms with Gasteiger partial charge in [-0.05, 0) is 25.0 Å². The molecular formula is C54H82N18O14S. The van der Waals surface area contributed by atoms with Crippen LogP contribution >= 0.6 is 0 Å². The number of fused-ring (bicyclic) bond motifs is 3. The van der Waals surface area contributed by atoms with Crippen LogP contribution in [0.3, 0.4) is 0 Å². The van der Waals surface area contributed by atoms with Gasteiger partial charge in [0.05, 0.1) is 63.3 Å². The van der Waals surface area contributed by atoms with E-state index in [1.54, 1.807) is 54.8 Å². The monoisotopic (exact) mass is 1240 g/mol. The lowest BCUT2D eigenvalue weighted by Gasteiger charge is -2.18. The molecule has 3 saturated heterocycles. The van der Waals surface area contributed by atoms with Crippen molar-refractivity contribution in [2.45, 2.75) is 157 Å². The van der Waals surface area contributed by atoms with Crippen molar-refractivity contribution in [1.29, 1.82) is 0 Å². The van der Waals surface area contributed by atoms with Crippen LogP contribution in [0.2, 0.25) is 0 Å². The normalized spacial score (nSPS) is 25.0. The van der Waals surface area contributed by atoms with E-state index in [9.17, 15) is 39.1 Å². The number of hydrogen-bond acceptors (Lipinski definition) is 28. The first-order valence-corrected chi connectivity index (χ1v) is 30.1. The maximum absolute atomic E-state index is 12.5. The van der Waals surface area contributed by atoms with Crippen molar-refractivity contribution in [3.8, 4) is 0 Å². The van der Waals surface area contributed by atoms with Gasteiger partial charge in [0.15, 0.2) is 69.6 Å². The molecule has 478 valence electrons. The second kappa shape index (κ2) is 30.2. The van der Waals surface area contributed by atoms with Crippen LogP contribution in [-0.2, 0) is 58.1 Å². The maximum atomic E-state index is 12.5. The summed E-state index contributed by atoms with van der Waals surface area (Å²) in [5, 5.41) is 77.9. The molecule has 0 spiro atoms. The molecule has 7 aromatic rings. The zero-order valence-electron chi connectivity index (χ0n) is 50.3. The van der Waals surface area contributed by atoms with Crippen LogP contribution in [0, 0.1) is 0 Å². The average Bonchev–Trinajstić information content (AvgIpc) is 1.78. The van der Waals surface area contributed by atoms with E-state index in [1.807, 2.05) is 13.8 Å². The number of benzene rings is 1. The largest absolute Gasteiger partial charge is 0.387 e. The fourth-order valence-electron chi connectivity index (χ4n) is 10.2. The number of hydrogen-bond donors (Lipinski definition) is 12. The summed E-state index contributed by atoms with van der Waals surface area (Å²) >= 11 is 0. The van der Waals surface area contributed by atoms with Crippen molar-refractivity contribution >= 4 is 61.0 Å². The predicted octanol–water partition coefficient (Wildman–Crippen LogP) is 0.0456. The Bertz CT molecular complexity index is 3440. The van der Waals surface area contributed by atoms with E-state index in [0.29, 0.717) is 87.8 Å². The zero-order valence-corrected chi connectivity index (χ0v) is 51.1. The van der Waals surface area contributed by atoms with Crippen molar-refractivity contribution in [2.75, 3.05) is 78.2 Å². The van der Waals surface area contributed by atoms with Crippen LogP contribution in [-0.4, -0.2) is 227 Å². The van der Waals surface area contributed by atoms with Crippen molar-refractivity contribution in [1.82, 2.24) is 73.9 Å². The Balaban J connectivity index is 0.000000170. The fraction of sp³-hybridized carbons (Fsp3) is 0.611. The number of sulfonamides is 1. The first-order valence-electron chi connectivity index (χ1n) is 28.6. The van der Waals surface area contributed by atoms with Gasteiger partial charge in [-0.15, -0.1) is 0 Å². The molecule has 10 rings (SSSR count). The number of imidazole rings is 3. The molecule has 0 bridgehead atoms. The SMILES string of the molecule is CCCC(CC)NCc1nc(NC)c2ncn([C@@H]3O[C@H](COC)[C@@H](O)[C@H]3O)c2n1.CNc1nc(CNC(C)C)nc2c1ncn2[C@@H]1O[C@H](COC)[C@@H](O)[C@H]1O.CNc1nc(CNS(=O)(=O)c2ccccc2)nc2c1ncn2[C@@H]1O[C@H](COC)[C@@H](O)[C@H]1O. The number of nitrogens with one attached hydrogen (secondary N) is 6. The molecule has 3 fully saturated rings. The van der Waals surface area contributed by atoms with Crippen molar-refractivity contribution in [2.24, 2.45) is 0 Å². The second-order valence-electron chi connectivity index (χ2n) is 21.1. The van der Waals surface area contributed by atoms with Crippen LogP contribution < -0.4 is 31.3 Å². The van der Waals surface area contributed by atoms with E-state index in [-0.39, 0.29) is 37.1 Å². The smallest absolute Gasteiger partial charge is 0.240 e. The summed E-state index contributed by atoms with van der Waals surface area (Å²) in [4.78, 5) is 40.2. The Labute approximate surface area is 502 Å². The zero-order chi connectivity index (χ0) is 62.7. The molecule has 1 aromatic carbocycles. The summed E-state index contributed by atoms with van der Waals surface area (Å²) in [7, 11) is 5.95. The minimum absolute atomic E-state index is 0.102. The van der Waals surface area contributed by atoms with Gasteiger partial charge in [-0.2, -0.15) is 0 Å². The molecule has 87 heavy (non-hydrogen) atoms. The number of ether oxygens (including phenoxy) is 6. The van der Waals surface area contributed by atoms with Crippen molar-refractivity contribution in [3.05, 3.63) is 66.8 Å². The van der Waals surface area contributed by atoms with Gasteiger partial charge in [-0.3, -0.25) is 13.7 Å². The van der Waals surface area contributed by atoms with Crippen LogP contribution in [0.15, 0.2) is 54.2 Å².